The van der Waals surface area contributed by atoms with Crippen LogP contribution in [0.4, 0.5) is 4.39 Å². The smallest absolute Gasteiger partial charge is 0.167 e. The molecule has 0 aliphatic rings. The van der Waals surface area contributed by atoms with E-state index < -0.39 is 0 Å². The van der Waals surface area contributed by atoms with Crippen LogP contribution in [0.2, 0.25) is 4.34 Å². The number of halogens is 2. The predicted octanol–water partition coefficient (Wildman–Crippen LogP) is 4.43. The fraction of sp³-hybridized carbons (Fsp3) is 0.167. The average molecular weight is 257 g/mol. The monoisotopic (exact) mass is 256 g/mol. The Balaban J connectivity index is 2.07. The van der Waals surface area contributed by atoms with Gasteiger partial charge in [0.15, 0.2) is 11.6 Å². The summed E-state index contributed by atoms with van der Waals surface area (Å²) in [7, 11) is 0. The summed E-state index contributed by atoms with van der Waals surface area (Å²) in [5.41, 5.74) is 0.585. The van der Waals surface area contributed by atoms with Crippen LogP contribution in [0.3, 0.4) is 0 Å². The van der Waals surface area contributed by atoms with Crippen molar-refractivity contribution >= 4 is 22.9 Å². The molecule has 0 saturated carbocycles. The van der Waals surface area contributed by atoms with E-state index in [1.165, 1.54) is 11.3 Å². The quantitative estimate of drug-likeness (QED) is 0.790. The van der Waals surface area contributed by atoms with Gasteiger partial charge in [0.05, 0.1) is 4.34 Å². The summed E-state index contributed by atoms with van der Waals surface area (Å²) in [6.45, 7) is 2.06. The Hall–Kier alpha value is -1.06. The van der Waals surface area contributed by atoms with Crippen molar-refractivity contribution in [3.05, 3.63) is 50.9 Å². The number of thiophene rings is 1. The van der Waals surface area contributed by atoms with E-state index in [2.05, 4.69) is 0 Å². The number of rotatable bonds is 3. The van der Waals surface area contributed by atoms with Crippen LogP contribution in [-0.2, 0) is 6.61 Å². The maximum absolute atomic E-state index is 13.6. The van der Waals surface area contributed by atoms with Gasteiger partial charge in [0.1, 0.15) is 6.61 Å². The molecule has 0 unspecified atom stereocenters. The van der Waals surface area contributed by atoms with E-state index in [1.807, 2.05) is 6.07 Å². The summed E-state index contributed by atoms with van der Waals surface area (Å²) in [5, 5.41) is 0. The molecule has 1 aromatic carbocycles. The Bertz CT molecular complexity index is 496. The Morgan fingerprint density at radius 1 is 1.31 bits per heavy atom. The van der Waals surface area contributed by atoms with E-state index in [9.17, 15) is 4.39 Å². The largest absolute Gasteiger partial charge is 0.485 e. The van der Waals surface area contributed by atoms with Crippen molar-refractivity contribution in [1.82, 2.24) is 0 Å². The van der Waals surface area contributed by atoms with Gasteiger partial charge in [-0.25, -0.2) is 4.39 Å². The molecule has 0 N–H and O–H groups in total. The molecule has 0 bridgehead atoms. The van der Waals surface area contributed by atoms with Crippen LogP contribution < -0.4 is 4.74 Å². The van der Waals surface area contributed by atoms with Gasteiger partial charge in [-0.1, -0.05) is 23.7 Å². The molecule has 2 aromatic rings. The molecular weight excluding hydrogens is 247 g/mol. The lowest BCUT2D eigenvalue weighted by Gasteiger charge is -2.06. The molecule has 4 heteroatoms. The molecule has 0 amide bonds. The topological polar surface area (TPSA) is 9.23 Å². The van der Waals surface area contributed by atoms with Gasteiger partial charge in [-0.2, -0.15) is 0 Å². The van der Waals surface area contributed by atoms with Crippen molar-refractivity contribution in [2.75, 3.05) is 0 Å². The summed E-state index contributed by atoms with van der Waals surface area (Å²) in [6, 6.07) is 8.79. The maximum atomic E-state index is 13.6. The highest BCUT2D eigenvalue weighted by Crippen LogP contribution is 2.25. The first-order valence-electron chi connectivity index (χ1n) is 4.79. The van der Waals surface area contributed by atoms with Crippen molar-refractivity contribution in [3.63, 3.8) is 0 Å². The van der Waals surface area contributed by atoms with Gasteiger partial charge >= 0.3 is 0 Å². The molecular formula is C12H10ClFOS. The van der Waals surface area contributed by atoms with Crippen LogP contribution in [0.25, 0.3) is 0 Å². The highest BCUT2D eigenvalue weighted by Gasteiger charge is 2.06. The molecule has 0 aliphatic carbocycles. The lowest BCUT2D eigenvalue weighted by molar-refractivity contribution is 0.293. The number of benzene rings is 1. The van der Waals surface area contributed by atoms with E-state index in [0.717, 1.165) is 4.88 Å². The summed E-state index contributed by atoms with van der Waals surface area (Å²) in [6.07, 6.45) is 0. The fourth-order valence-corrected chi connectivity index (χ4v) is 2.31. The normalized spacial score (nSPS) is 10.4. The summed E-state index contributed by atoms with van der Waals surface area (Å²) < 4.78 is 19.7. The first kappa shape index (κ1) is 11.4. The summed E-state index contributed by atoms with van der Waals surface area (Å²) in [5.74, 6) is -0.0188. The second kappa shape index (κ2) is 4.85. The Labute approximate surface area is 102 Å². The Morgan fingerprint density at radius 3 is 2.81 bits per heavy atom. The second-order valence-electron chi connectivity index (χ2n) is 3.38. The number of hydrogen-bond donors (Lipinski definition) is 0. The van der Waals surface area contributed by atoms with Crippen molar-refractivity contribution in [3.8, 4) is 5.75 Å². The standard InChI is InChI=1S/C12H10ClFOS/c1-8-3-2-4-10(12(8)14)15-7-9-5-6-11(13)16-9/h2-6H,7H2,1H3. The number of aryl methyl sites for hydroxylation is 1. The van der Waals surface area contributed by atoms with Gasteiger partial charge in [0, 0.05) is 4.88 Å². The third kappa shape index (κ3) is 2.54. The highest BCUT2D eigenvalue weighted by atomic mass is 35.5. The van der Waals surface area contributed by atoms with Gasteiger partial charge in [0.25, 0.3) is 0 Å². The van der Waals surface area contributed by atoms with Crippen molar-refractivity contribution in [2.24, 2.45) is 0 Å². The van der Waals surface area contributed by atoms with Gasteiger partial charge in [-0.05, 0) is 30.7 Å². The lowest BCUT2D eigenvalue weighted by atomic mass is 10.2. The molecule has 2 rings (SSSR count). The minimum atomic E-state index is -0.301. The van der Waals surface area contributed by atoms with E-state index >= 15 is 0 Å². The zero-order valence-electron chi connectivity index (χ0n) is 8.67. The van der Waals surface area contributed by atoms with Crippen LogP contribution in [0.15, 0.2) is 30.3 Å². The molecule has 16 heavy (non-hydrogen) atoms. The van der Waals surface area contributed by atoms with Gasteiger partial charge in [-0.15, -0.1) is 11.3 Å². The molecule has 0 fully saturated rings. The molecule has 0 aliphatic heterocycles. The zero-order valence-corrected chi connectivity index (χ0v) is 10.2. The Morgan fingerprint density at radius 2 is 2.12 bits per heavy atom. The molecule has 84 valence electrons. The molecule has 0 spiro atoms. The Kier molecular flexibility index (Phi) is 3.46. The van der Waals surface area contributed by atoms with Gasteiger partial charge < -0.3 is 4.74 Å². The third-order valence-corrected chi connectivity index (χ3v) is 3.36. The maximum Gasteiger partial charge on any atom is 0.167 e. The van der Waals surface area contributed by atoms with Crippen molar-refractivity contribution in [2.45, 2.75) is 13.5 Å². The van der Waals surface area contributed by atoms with Crippen LogP contribution >= 0.6 is 22.9 Å². The average Bonchev–Trinajstić information content (AvgIpc) is 2.67. The summed E-state index contributed by atoms with van der Waals surface area (Å²) in [4.78, 5) is 0.978. The second-order valence-corrected chi connectivity index (χ2v) is 5.18. The van der Waals surface area contributed by atoms with Gasteiger partial charge in [0.2, 0.25) is 0 Å². The van der Waals surface area contributed by atoms with Crippen molar-refractivity contribution in [1.29, 1.82) is 0 Å². The minimum absolute atomic E-state index is 0.282. The predicted molar refractivity (Wildman–Crippen MR) is 64.8 cm³/mol. The van der Waals surface area contributed by atoms with Crippen LogP contribution in [0.5, 0.6) is 5.75 Å². The SMILES string of the molecule is Cc1cccc(OCc2ccc(Cl)s2)c1F. The number of hydrogen-bond acceptors (Lipinski definition) is 2. The highest BCUT2D eigenvalue weighted by molar-refractivity contribution is 7.16. The van der Waals surface area contributed by atoms with Crippen LogP contribution in [0, 0.1) is 12.7 Å². The first-order valence-corrected chi connectivity index (χ1v) is 5.98. The van der Waals surface area contributed by atoms with E-state index in [4.69, 9.17) is 16.3 Å². The lowest BCUT2D eigenvalue weighted by Crippen LogP contribution is -1.96. The molecule has 1 heterocycles. The fourth-order valence-electron chi connectivity index (χ4n) is 1.31. The molecule has 1 nitrogen and oxygen atoms in total. The molecule has 0 atom stereocenters. The van der Waals surface area contributed by atoms with Crippen molar-refractivity contribution < 1.29 is 9.13 Å². The first-order chi connectivity index (χ1) is 7.66. The van der Waals surface area contributed by atoms with E-state index in [1.54, 1.807) is 31.2 Å². The number of ether oxygens (including phenoxy) is 1. The van der Waals surface area contributed by atoms with E-state index in [0.29, 0.717) is 16.5 Å². The summed E-state index contributed by atoms with van der Waals surface area (Å²) >= 11 is 7.22. The third-order valence-electron chi connectivity index (χ3n) is 2.16. The van der Waals surface area contributed by atoms with E-state index in [-0.39, 0.29) is 11.6 Å². The van der Waals surface area contributed by atoms with Gasteiger partial charge in [-0.3, -0.25) is 0 Å². The van der Waals surface area contributed by atoms with Crippen LogP contribution in [-0.4, -0.2) is 0 Å². The molecule has 1 aromatic heterocycles. The minimum Gasteiger partial charge on any atom is -0.485 e. The van der Waals surface area contributed by atoms with Crippen LogP contribution in [0.1, 0.15) is 10.4 Å². The molecule has 0 radical (unpaired) electrons. The zero-order chi connectivity index (χ0) is 11.5. The molecule has 0 saturated heterocycles.